The van der Waals surface area contributed by atoms with Gasteiger partial charge in [0.25, 0.3) is 0 Å². The maximum absolute atomic E-state index is 6.38. The average molecular weight is 211 g/mol. The highest BCUT2D eigenvalue weighted by Crippen LogP contribution is 2.47. The van der Waals surface area contributed by atoms with Gasteiger partial charge in [0.1, 0.15) is 0 Å². The lowest BCUT2D eigenvalue weighted by atomic mass is 9.64. The van der Waals surface area contributed by atoms with Gasteiger partial charge < -0.3 is 10.1 Å². The van der Waals surface area contributed by atoms with Crippen LogP contribution >= 0.6 is 0 Å². The Kier molecular flexibility index (Phi) is 2.85. The van der Waals surface area contributed by atoms with Gasteiger partial charge >= 0.3 is 0 Å². The lowest BCUT2D eigenvalue weighted by molar-refractivity contribution is -0.198. The lowest BCUT2D eigenvalue weighted by Crippen LogP contribution is -2.64. The standard InChI is InChI=1S/C13H25NO/c1-10-11(2)15-13(9-14-10)8-6-5-7-12(13,3)4/h10-11,14H,5-9H2,1-4H3. The summed E-state index contributed by atoms with van der Waals surface area (Å²) in [7, 11) is 0. The zero-order chi connectivity index (χ0) is 11.1. The predicted octanol–water partition coefficient (Wildman–Crippen LogP) is 2.72. The van der Waals surface area contributed by atoms with E-state index in [4.69, 9.17) is 4.74 Å². The zero-order valence-electron chi connectivity index (χ0n) is 10.6. The minimum atomic E-state index is 0.0944. The molecular formula is C13H25NO. The molecular weight excluding hydrogens is 186 g/mol. The Morgan fingerprint density at radius 3 is 2.40 bits per heavy atom. The van der Waals surface area contributed by atoms with Gasteiger partial charge in [-0.2, -0.15) is 0 Å². The molecule has 15 heavy (non-hydrogen) atoms. The molecule has 2 fully saturated rings. The van der Waals surface area contributed by atoms with Crippen molar-refractivity contribution in [3.63, 3.8) is 0 Å². The number of rotatable bonds is 0. The molecule has 2 aliphatic rings. The second-order valence-electron chi connectivity index (χ2n) is 6.08. The molecule has 0 aromatic rings. The van der Waals surface area contributed by atoms with E-state index in [1.807, 2.05) is 0 Å². The molecule has 0 aromatic heterocycles. The van der Waals surface area contributed by atoms with E-state index >= 15 is 0 Å². The molecule has 1 saturated carbocycles. The Labute approximate surface area is 93.8 Å². The van der Waals surface area contributed by atoms with Crippen molar-refractivity contribution in [3.8, 4) is 0 Å². The van der Waals surface area contributed by atoms with Crippen molar-refractivity contribution in [2.75, 3.05) is 6.54 Å². The molecule has 2 heteroatoms. The fourth-order valence-electron chi connectivity index (χ4n) is 3.08. The summed E-state index contributed by atoms with van der Waals surface area (Å²) in [6, 6.07) is 0.494. The molecule has 1 aliphatic carbocycles. The van der Waals surface area contributed by atoms with E-state index in [0.717, 1.165) is 6.54 Å². The van der Waals surface area contributed by atoms with Crippen LogP contribution in [0.4, 0.5) is 0 Å². The van der Waals surface area contributed by atoms with Crippen molar-refractivity contribution < 1.29 is 4.74 Å². The number of nitrogens with one attached hydrogen (secondary N) is 1. The molecule has 3 atom stereocenters. The maximum atomic E-state index is 6.38. The first-order valence-corrected chi connectivity index (χ1v) is 6.38. The van der Waals surface area contributed by atoms with Crippen molar-refractivity contribution in [3.05, 3.63) is 0 Å². The number of ether oxygens (including phenoxy) is 1. The van der Waals surface area contributed by atoms with Crippen LogP contribution in [-0.4, -0.2) is 24.3 Å². The van der Waals surface area contributed by atoms with Crippen LogP contribution in [0.15, 0.2) is 0 Å². The van der Waals surface area contributed by atoms with Crippen LogP contribution < -0.4 is 5.32 Å². The Morgan fingerprint density at radius 2 is 1.80 bits per heavy atom. The van der Waals surface area contributed by atoms with Crippen molar-refractivity contribution >= 4 is 0 Å². The molecule has 1 N–H and O–H groups in total. The Balaban J connectivity index is 2.17. The van der Waals surface area contributed by atoms with E-state index in [0.29, 0.717) is 17.6 Å². The second-order valence-corrected chi connectivity index (χ2v) is 6.08. The summed E-state index contributed by atoms with van der Waals surface area (Å²) in [5.74, 6) is 0. The largest absolute Gasteiger partial charge is 0.369 e. The molecule has 1 saturated heterocycles. The highest BCUT2D eigenvalue weighted by atomic mass is 16.5. The van der Waals surface area contributed by atoms with E-state index in [1.165, 1.54) is 25.7 Å². The van der Waals surface area contributed by atoms with Gasteiger partial charge in [0, 0.05) is 12.6 Å². The van der Waals surface area contributed by atoms with Gasteiger partial charge in [0.05, 0.1) is 11.7 Å². The van der Waals surface area contributed by atoms with E-state index in [1.54, 1.807) is 0 Å². The smallest absolute Gasteiger partial charge is 0.0861 e. The summed E-state index contributed by atoms with van der Waals surface area (Å²) in [4.78, 5) is 0. The highest BCUT2D eigenvalue weighted by molar-refractivity contribution is 5.03. The molecule has 2 rings (SSSR count). The molecule has 1 spiro atoms. The van der Waals surface area contributed by atoms with E-state index in [9.17, 15) is 0 Å². The third-order valence-electron chi connectivity index (χ3n) is 4.69. The topological polar surface area (TPSA) is 21.3 Å². The van der Waals surface area contributed by atoms with Crippen LogP contribution in [-0.2, 0) is 4.74 Å². The Morgan fingerprint density at radius 1 is 1.13 bits per heavy atom. The van der Waals surface area contributed by atoms with Crippen LogP contribution in [0, 0.1) is 5.41 Å². The van der Waals surface area contributed by atoms with Gasteiger partial charge in [-0.15, -0.1) is 0 Å². The summed E-state index contributed by atoms with van der Waals surface area (Å²) >= 11 is 0. The van der Waals surface area contributed by atoms with Crippen molar-refractivity contribution in [2.24, 2.45) is 5.41 Å². The summed E-state index contributed by atoms with van der Waals surface area (Å²) in [5.41, 5.74) is 0.420. The lowest BCUT2D eigenvalue weighted by Gasteiger charge is -2.55. The predicted molar refractivity (Wildman–Crippen MR) is 63.0 cm³/mol. The molecule has 0 aromatic carbocycles. The number of morpholine rings is 1. The summed E-state index contributed by atoms with van der Waals surface area (Å²) in [6.07, 6.45) is 5.56. The van der Waals surface area contributed by atoms with Crippen LogP contribution in [0.25, 0.3) is 0 Å². The van der Waals surface area contributed by atoms with E-state index < -0.39 is 0 Å². The van der Waals surface area contributed by atoms with E-state index in [-0.39, 0.29) is 5.60 Å². The highest BCUT2D eigenvalue weighted by Gasteiger charge is 2.50. The number of hydrogen-bond donors (Lipinski definition) is 1. The molecule has 0 bridgehead atoms. The molecule has 88 valence electrons. The van der Waals surface area contributed by atoms with Crippen LogP contribution in [0.1, 0.15) is 53.4 Å². The fourth-order valence-corrected chi connectivity index (χ4v) is 3.08. The quantitative estimate of drug-likeness (QED) is 0.665. The minimum Gasteiger partial charge on any atom is -0.369 e. The summed E-state index contributed by atoms with van der Waals surface area (Å²) < 4.78 is 6.38. The fraction of sp³-hybridized carbons (Fsp3) is 1.00. The summed E-state index contributed by atoms with van der Waals surface area (Å²) in [5, 5.41) is 3.62. The molecule has 3 unspecified atom stereocenters. The van der Waals surface area contributed by atoms with Crippen LogP contribution in [0.5, 0.6) is 0 Å². The van der Waals surface area contributed by atoms with Crippen LogP contribution in [0.3, 0.4) is 0 Å². The zero-order valence-corrected chi connectivity index (χ0v) is 10.6. The van der Waals surface area contributed by atoms with Crippen molar-refractivity contribution in [1.29, 1.82) is 0 Å². The van der Waals surface area contributed by atoms with Crippen molar-refractivity contribution in [2.45, 2.75) is 71.1 Å². The number of hydrogen-bond acceptors (Lipinski definition) is 2. The first-order valence-electron chi connectivity index (χ1n) is 6.38. The molecule has 2 nitrogen and oxygen atoms in total. The second kappa shape index (κ2) is 3.74. The molecule has 0 amide bonds. The summed E-state index contributed by atoms with van der Waals surface area (Å²) in [6.45, 7) is 10.2. The first kappa shape index (κ1) is 11.4. The Bertz CT molecular complexity index is 239. The average Bonchev–Trinajstić information content (AvgIpc) is 2.17. The monoisotopic (exact) mass is 211 g/mol. The minimum absolute atomic E-state index is 0.0944. The van der Waals surface area contributed by atoms with Crippen molar-refractivity contribution in [1.82, 2.24) is 5.32 Å². The van der Waals surface area contributed by atoms with Gasteiger partial charge in [0.2, 0.25) is 0 Å². The van der Waals surface area contributed by atoms with Gasteiger partial charge in [-0.1, -0.05) is 26.7 Å². The normalized spacial score (nSPS) is 45.6. The van der Waals surface area contributed by atoms with Gasteiger partial charge in [-0.05, 0) is 32.1 Å². The van der Waals surface area contributed by atoms with Gasteiger partial charge in [0.15, 0.2) is 0 Å². The van der Waals surface area contributed by atoms with Crippen LogP contribution in [0.2, 0.25) is 0 Å². The maximum Gasteiger partial charge on any atom is 0.0861 e. The first-order chi connectivity index (χ1) is 6.97. The van der Waals surface area contributed by atoms with Gasteiger partial charge in [-0.25, -0.2) is 0 Å². The Hall–Kier alpha value is -0.0800. The van der Waals surface area contributed by atoms with E-state index in [2.05, 4.69) is 33.0 Å². The third kappa shape index (κ3) is 1.83. The molecule has 1 aliphatic heterocycles. The molecule has 0 radical (unpaired) electrons. The molecule has 1 heterocycles. The third-order valence-corrected chi connectivity index (χ3v) is 4.69. The SMILES string of the molecule is CC1NCC2(CCCCC2(C)C)OC1C. The van der Waals surface area contributed by atoms with Gasteiger partial charge in [-0.3, -0.25) is 0 Å².